The maximum absolute atomic E-state index is 12.0. The molecule has 3 heteroatoms. The first-order valence-electron chi connectivity index (χ1n) is 6.33. The highest BCUT2D eigenvalue weighted by molar-refractivity contribution is 5.78. The van der Waals surface area contributed by atoms with Gasteiger partial charge < -0.3 is 4.90 Å². The van der Waals surface area contributed by atoms with Crippen LogP contribution < -0.4 is 0 Å². The molecule has 1 amide bonds. The number of nitrogens with zero attached hydrogens (tertiary/aromatic N) is 2. The fourth-order valence-electron chi connectivity index (χ4n) is 1.85. The van der Waals surface area contributed by atoms with Gasteiger partial charge in [0.05, 0.1) is 18.1 Å². The number of hydrogen-bond acceptors (Lipinski definition) is 2. The van der Waals surface area contributed by atoms with Crippen LogP contribution in [0, 0.1) is 11.3 Å². The van der Waals surface area contributed by atoms with E-state index in [1.54, 1.807) is 12.1 Å². The molecule has 18 heavy (non-hydrogen) atoms. The predicted molar refractivity (Wildman–Crippen MR) is 72.0 cm³/mol. The summed E-state index contributed by atoms with van der Waals surface area (Å²) in [4.78, 5) is 13.9. The van der Waals surface area contributed by atoms with Gasteiger partial charge in [0.25, 0.3) is 0 Å². The molecule has 1 rings (SSSR count). The number of nitriles is 1. The Morgan fingerprint density at radius 3 is 2.50 bits per heavy atom. The van der Waals surface area contributed by atoms with E-state index in [1.165, 1.54) is 0 Å². The van der Waals surface area contributed by atoms with E-state index in [1.807, 2.05) is 24.1 Å². The first kappa shape index (κ1) is 14.2. The lowest BCUT2D eigenvalue weighted by Gasteiger charge is -2.24. The number of hydrogen-bond donors (Lipinski definition) is 0. The summed E-state index contributed by atoms with van der Waals surface area (Å²) >= 11 is 0. The molecule has 0 saturated heterocycles. The highest BCUT2D eigenvalue weighted by atomic mass is 16.2. The van der Waals surface area contributed by atoms with E-state index in [0.717, 1.165) is 18.4 Å². The van der Waals surface area contributed by atoms with Crippen molar-refractivity contribution in [2.75, 3.05) is 7.05 Å². The topological polar surface area (TPSA) is 44.1 Å². The van der Waals surface area contributed by atoms with Crippen molar-refractivity contribution < 1.29 is 4.79 Å². The van der Waals surface area contributed by atoms with Crippen molar-refractivity contribution in [1.29, 1.82) is 5.26 Å². The molecule has 1 aromatic rings. The van der Waals surface area contributed by atoms with Gasteiger partial charge in [0, 0.05) is 13.1 Å². The van der Waals surface area contributed by atoms with Crippen LogP contribution >= 0.6 is 0 Å². The second-order valence-corrected chi connectivity index (χ2v) is 4.63. The maximum Gasteiger partial charge on any atom is 0.226 e. The molecule has 0 fully saturated rings. The Balaban J connectivity index is 2.61. The van der Waals surface area contributed by atoms with E-state index in [9.17, 15) is 4.79 Å². The highest BCUT2D eigenvalue weighted by Gasteiger charge is 2.15. The molecule has 0 saturated carbocycles. The first-order valence-corrected chi connectivity index (χ1v) is 6.33. The Labute approximate surface area is 109 Å². The zero-order valence-electron chi connectivity index (χ0n) is 11.3. The quantitative estimate of drug-likeness (QED) is 0.799. The van der Waals surface area contributed by atoms with Crippen molar-refractivity contribution in [2.24, 2.45) is 0 Å². The van der Waals surface area contributed by atoms with E-state index in [-0.39, 0.29) is 11.9 Å². The molecule has 0 aromatic heterocycles. The monoisotopic (exact) mass is 244 g/mol. The highest BCUT2D eigenvalue weighted by Crippen LogP contribution is 2.09. The lowest BCUT2D eigenvalue weighted by molar-refractivity contribution is -0.131. The van der Waals surface area contributed by atoms with Crippen molar-refractivity contribution >= 4 is 5.91 Å². The van der Waals surface area contributed by atoms with Gasteiger partial charge in [-0.15, -0.1) is 0 Å². The van der Waals surface area contributed by atoms with Gasteiger partial charge in [-0.05, 0) is 31.0 Å². The number of carbonyl (C=O) groups excluding carboxylic acids is 1. The van der Waals surface area contributed by atoms with Crippen LogP contribution in [-0.4, -0.2) is 23.9 Å². The van der Waals surface area contributed by atoms with Gasteiger partial charge >= 0.3 is 0 Å². The van der Waals surface area contributed by atoms with Crippen molar-refractivity contribution in [3.05, 3.63) is 35.4 Å². The second kappa shape index (κ2) is 6.80. The molecule has 1 atom stereocenters. The van der Waals surface area contributed by atoms with Gasteiger partial charge in [-0.2, -0.15) is 5.26 Å². The summed E-state index contributed by atoms with van der Waals surface area (Å²) in [6, 6.07) is 9.53. The third kappa shape index (κ3) is 3.89. The van der Waals surface area contributed by atoms with Gasteiger partial charge in [-0.3, -0.25) is 4.79 Å². The van der Waals surface area contributed by atoms with Crippen LogP contribution in [-0.2, 0) is 11.2 Å². The van der Waals surface area contributed by atoms with Crippen molar-refractivity contribution in [3.8, 4) is 6.07 Å². The van der Waals surface area contributed by atoms with Crippen molar-refractivity contribution in [2.45, 2.75) is 39.2 Å². The largest absolute Gasteiger partial charge is 0.343 e. The molecule has 0 aliphatic carbocycles. The molecule has 0 radical (unpaired) electrons. The van der Waals surface area contributed by atoms with Gasteiger partial charge in [-0.25, -0.2) is 0 Å². The predicted octanol–water partition coefficient (Wildman–Crippen LogP) is 2.75. The summed E-state index contributed by atoms with van der Waals surface area (Å²) in [7, 11) is 1.85. The van der Waals surface area contributed by atoms with Gasteiger partial charge in [0.2, 0.25) is 5.91 Å². The summed E-state index contributed by atoms with van der Waals surface area (Å²) in [6.45, 7) is 4.19. The van der Waals surface area contributed by atoms with E-state index in [2.05, 4.69) is 19.9 Å². The van der Waals surface area contributed by atoms with Crippen LogP contribution in [0.25, 0.3) is 0 Å². The van der Waals surface area contributed by atoms with E-state index >= 15 is 0 Å². The number of rotatable bonds is 5. The fraction of sp³-hybridized carbons (Fsp3) is 0.467. The molecule has 1 aromatic carbocycles. The van der Waals surface area contributed by atoms with Crippen molar-refractivity contribution in [3.63, 3.8) is 0 Å². The average molecular weight is 244 g/mol. The third-order valence-electron chi connectivity index (χ3n) is 3.20. The van der Waals surface area contributed by atoms with E-state index in [0.29, 0.717) is 12.0 Å². The molecule has 0 bridgehead atoms. The summed E-state index contributed by atoms with van der Waals surface area (Å²) < 4.78 is 0. The number of amides is 1. The summed E-state index contributed by atoms with van der Waals surface area (Å²) in [5, 5.41) is 8.71. The zero-order chi connectivity index (χ0) is 13.5. The third-order valence-corrected chi connectivity index (χ3v) is 3.20. The van der Waals surface area contributed by atoms with Gasteiger partial charge in [0.15, 0.2) is 0 Å². The molecule has 0 aliphatic rings. The molecule has 0 heterocycles. The standard InChI is InChI=1S/C15H20N2O/c1-4-5-12(2)17(3)15(18)10-13-6-8-14(11-16)9-7-13/h6-9,12H,4-5,10H2,1-3H3. The lowest BCUT2D eigenvalue weighted by Crippen LogP contribution is -2.35. The molecule has 1 unspecified atom stereocenters. The van der Waals surface area contributed by atoms with Crippen LogP contribution in [0.3, 0.4) is 0 Å². The minimum Gasteiger partial charge on any atom is -0.343 e. The minimum atomic E-state index is 0.126. The lowest BCUT2D eigenvalue weighted by atomic mass is 10.1. The molecule has 0 spiro atoms. The first-order chi connectivity index (χ1) is 8.58. The van der Waals surface area contributed by atoms with Crippen LogP contribution in [0.1, 0.15) is 37.8 Å². The number of benzene rings is 1. The normalized spacial score (nSPS) is 11.7. The smallest absolute Gasteiger partial charge is 0.226 e. The number of likely N-dealkylation sites (N-methyl/N-ethyl adjacent to an activating group) is 1. The fourth-order valence-corrected chi connectivity index (χ4v) is 1.85. The van der Waals surface area contributed by atoms with Crippen LogP contribution in [0.4, 0.5) is 0 Å². The van der Waals surface area contributed by atoms with Crippen LogP contribution in [0.15, 0.2) is 24.3 Å². The van der Waals surface area contributed by atoms with Crippen molar-refractivity contribution in [1.82, 2.24) is 4.90 Å². The summed E-state index contributed by atoms with van der Waals surface area (Å²) in [5.41, 5.74) is 1.58. The van der Waals surface area contributed by atoms with E-state index in [4.69, 9.17) is 5.26 Å². The van der Waals surface area contributed by atoms with Gasteiger partial charge in [0.1, 0.15) is 0 Å². The average Bonchev–Trinajstić information content (AvgIpc) is 2.39. The maximum atomic E-state index is 12.0. The Kier molecular flexibility index (Phi) is 5.38. The Morgan fingerprint density at radius 1 is 1.39 bits per heavy atom. The van der Waals surface area contributed by atoms with Gasteiger partial charge in [-0.1, -0.05) is 25.5 Å². The Hall–Kier alpha value is -1.82. The molecule has 0 aliphatic heterocycles. The van der Waals surface area contributed by atoms with E-state index < -0.39 is 0 Å². The molecule has 0 N–H and O–H groups in total. The zero-order valence-corrected chi connectivity index (χ0v) is 11.3. The molecular weight excluding hydrogens is 224 g/mol. The summed E-state index contributed by atoms with van der Waals surface area (Å²) in [5.74, 6) is 0.126. The Morgan fingerprint density at radius 2 is 2.00 bits per heavy atom. The summed E-state index contributed by atoms with van der Waals surface area (Å²) in [6.07, 6.45) is 2.50. The molecular formula is C15H20N2O. The minimum absolute atomic E-state index is 0.126. The SMILES string of the molecule is CCCC(C)N(C)C(=O)Cc1ccc(C#N)cc1. The Bertz CT molecular complexity index is 431. The molecule has 96 valence electrons. The van der Waals surface area contributed by atoms with Crippen LogP contribution in [0.5, 0.6) is 0 Å². The second-order valence-electron chi connectivity index (χ2n) is 4.63. The van der Waals surface area contributed by atoms with Crippen LogP contribution in [0.2, 0.25) is 0 Å². The molecule has 3 nitrogen and oxygen atoms in total. The number of carbonyl (C=O) groups is 1.